The second-order valence-electron chi connectivity index (χ2n) is 3.59. The van der Waals surface area contributed by atoms with Gasteiger partial charge in [-0.05, 0) is 26.3 Å². The Morgan fingerprint density at radius 1 is 1.43 bits per heavy atom. The monoisotopic (exact) mass is 194 g/mol. The normalized spacial score (nSPS) is 10.3. The lowest BCUT2D eigenvalue weighted by atomic mass is 10.3. The predicted octanol–water partition coefficient (Wildman–Crippen LogP) is 1.23. The lowest BCUT2D eigenvalue weighted by molar-refractivity contribution is -0.686. The number of ether oxygens (including phenoxy) is 1. The summed E-state index contributed by atoms with van der Waals surface area (Å²) in [6.07, 6.45) is 3.70. The lowest BCUT2D eigenvalue weighted by Gasteiger charge is -2.04. The van der Waals surface area contributed by atoms with Crippen molar-refractivity contribution in [1.29, 1.82) is 0 Å². The van der Waals surface area contributed by atoms with Gasteiger partial charge >= 0.3 is 5.97 Å². The summed E-state index contributed by atoms with van der Waals surface area (Å²) in [7, 11) is 0. The summed E-state index contributed by atoms with van der Waals surface area (Å²) in [5, 5.41) is 0. The molecule has 1 aromatic rings. The minimum atomic E-state index is -0.200. The van der Waals surface area contributed by atoms with E-state index < -0.39 is 0 Å². The zero-order valence-electron chi connectivity index (χ0n) is 8.86. The number of aromatic nitrogens is 1. The fourth-order valence-electron chi connectivity index (χ4n) is 1.09. The molecule has 3 nitrogen and oxygen atoms in total. The van der Waals surface area contributed by atoms with Gasteiger partial charge in [0.25, 0.3) is 0 Å². The first kappa shape index (κ1) is 10.7. The van der Waals surface area contributed by atoms with E-state index in [4.69, 9.17) is 4.74 Å². The van der Waals surface area contributed by atoms with Crippen LogP contribution in [0.3, 0.4) is 0 Å². The van der Waals surface area contributed by atoms with Gasteiger partial charge in [-0.1, -0.05) is 0 Å². The fraction of sp³-hybridized carbons (Fsp3) is 0.455. The first-order chi connectivity index (χ1) is 6.58. The Kier molecular flexibility index (Phi) is 3.63. The second-order valence-corrected chi connectivity index (χ2v) is 3.59. The average molecular weight is 194 g/mol. The number of hydrogen-bond acceptors (Lipinski definition) is 2. The highest BCUT2D eigenvalue weighted by atomic mass is 16.5. The number of esters is 1. The average Bonchev–Trinajstić information content (AvgIpc) is 2.07. The highest BCUT2D eigenvalue weighted by Gasteiger charge is 2.11. The van der Waals surface area contributed by atoms with Gasteiger partial charge < -0.3 is 4.74 Å². The molecule has 0 aliphatic heterocycles. The third-order valence-electron chi connectivity index (χ3n) is 1.74. The zero-order chi connectivity index (χ0) is 10.6. The Hall–Kier alpha value is -1.38. The molecule has 1 heterocycles. The maximum Gasteiger partial charge on any atom is 0.372 e. The standard InChI is InChI=1S/C11H16NO2/c1-9(2)14-11(13)8-12-6-4-10(3)5-7-12/h4-7,9H,8H2,1-3H3/q+1. The van der Waals surface area contributed by atoms with Crippen LogP contribution >= 0.6 is 0 Å². The molecule has 0 aromatic carbocycles. The van der Waals surface area contributed by atoms with Gasteiger partial charge in [-0.15, -0.1) is 0 Å². The zero-order valence-corrected chi connectivity index (χ0v) is 8.86. The smallest absolute Gasteiger partial charge is 0.372 e. The van der Waals surface area contributed by atoms with Crippen molar-refractivity contribution in [3.05, 3.63) is 30.1 Å². The van der Waals surface area contributed by atoms with Crippen molar-refractivity contribution in [2.45, 2.75) is 33.4 Å². The molecule has 0 aliphatic carbocycles. The van der Waals surface area contributed by atoms with Crippen molar-refractivity contribution in [3.63, 3.8) is 0 Å². The molecule has 14 heavy (non-hydrogen) atoms. The van der Waals surface area contributed by atoms with Crippen LogP contribution in [0.15, 0.2) is 24.5 Å². The number of aryl methyl sites for hydroxylation is 1. The molecule has 1 rings (SSSR count). The SMILES string of the molecule is Cc1cc[n+](CC(=O)OC(C)C)cc1. The second kappa shape index (κ2) is 4.74. The summed E-state index contributed by atoms with van der Waals surface area (Å²) in [5.41, 5.74) is 1.18. The maximum absolute atomic E-state index is 11.3. The fourth-order valence-corrected chi connectivity index (χ4v) is 1.09. The third-order valence-corrected chi connectivity index (χ3v) is 1.74. The number of pyridine rings is 1. The largest absolute Gasteiger partial charge is 0.458 e. The lowest BCUT2D eigenvalue weighted by Crippen LogP contribution is -2.38. The summed E-state index contributed by atoms with van der Waals surface area (Å²) < 4.78 is 6.83. The molecule has 76 valence electrons. The first-order valence-corrected chi connectivity index (χ1v) is 4.73. The van der Waals surface area contributed by atoms with E-state index in [1.165, 1.54) is 5.56 Å². The van der Waals surface area contributed by atoms with E-state index >= 15 is 0 Å². The number of carbonyl (C=O) groups excluding carboxylic acids is 1. The summed E-state index contributed by atoms with van der Waals surface area (Å²) in [6, 6.07) is 3.92. The van der Waals surface area contributed by atoms with Crippen molar-refractivity contribution in [2.24, 2.45) is 0 Å². The van der Waals surface area contributed by atoms with Crippen molar-refractivity contribution in [3.8, 4) is 0 Å². The molecule has 0 fully saturated rings. The van der Waals surface area contributed by atoms with Gasteiger partial charge in [0.2, 0.25) is 6.54 Å². The van der Waals surface area contributed by atoms with Crippen molar-refractivity contribution in [2.75, 3.05) is 0 Å². The quantitative estimate of drug-likeness (QED) is 0.535. The molecule has 0 spiro atoms. The van der Waals surface area contributed by atoms with Crippen molar-refractivity contribution < 1.29 is 14.1 Å². The molecule has 3 heteroatoms. The van der Waals surface area contributed by atoms with Crippen LogP contribution < -0.4 is 4.57 Å². The van der Waals surface area contributed by atoms with E-state index in [1.807, 2.05) is 45.3 Å². The molecule has 0 bridgehead atoms. The van der Waals surface area contributed by atoms with Crippen LogP contribution in [-0.2, 0) is 16.1 Å². The molecule has 0 unspecified atom stereocenters. The van der Waals surface area contributed by atoms with E-state index in [-0.39, 0.29) is 18.6 Å². The Balaban J connectivity index is 2.52. The third kappa shape index (κ3) is 3.56. The van der Waals surface area contributed by atoms with Crippen LogP contribution in [0.25, 0.3) is 0 Å². The van der Waals surface area contributed by atoms with Gasteiger partial charge in [0.15, 0.2) is 12.4 Å². The Bertz CT molecular complexity index is 304. The predicted molar refractivity (Wildman–Crippen MR) is 52.6 cm³/mol. The van der Waals surface area contributed by atoms with Crippen LogP contribution in [0.4, 0.5) is 0 Å². The van der Waals surface area contributed by atoms with Crippen LogP contribution in [0, 0.1) is 6.92 Å². The highest BCUT2D eigenvalue weighted by molar-refractivity contribution is 5.67. The molecule has 0 N–H and O–H groups in total. The molecule has 0 saturated carbocycles. The van der Waals surface area contributed by atoms with Gasteiger partial charge in [-0.25, -0.2) is 4.79 Å². The molecule has 0 saturated heterocycles. The number of nitrogens with zero attached hydrogens (tertiary/aromatic N) is 1. The Morgan fingerprint density at radius 3 is 2.50 bits per heavy atom. The molecule has 0 amide bonds. The highest BCUT2D eigenvalue weighted by Crippen LogP contribution is 1.92. The van der Waals surface area contributed by atoms with Gasteiger partial charge in [-0.3, -0.25) is 0 Å². The Labute approximate surface area is 84.3 Å². The number of rotatable bonds is 3. The van der Waals surface area contributed by atoms with Crippen LogP contribution in [0.5, 0.6) is 0 Å². The molecule has 1 aromatic heterocycles. The minimum absolute atomic E-state index is 0.0476. The van der Waals surface area contributed by atoms with E-state index in [1.54, 1.807) is 4.57 Å². The molecule has 0 atom stereocenters. The number of hydrogen-bond donors (Lipinski definition) is 0. The molecule has 0 aliphatic rings. The summed E-state index contributed by atoms with van der Waals surface area (Å²) in [4.78, 5) is 11.3. The van der Waals surface area contributed by atoms with Gasteiger partial charge in [0.05, 0.1) is 6.10 Å². The Morgan fingerprint density at radius 2 is 2.00 bits per heavy atom. The maximum atomic E-state index is 11.3. The molecular weight excluding hydrogens is 178 g/mol. The summed E-state index contributed by atoms with van der Waals surface area (Å²) in [6.45, 7) is 5.98. The van der Waals surface area contributed by atoms with E-state index in [0.717, 1.165) is 0 Å². The summed E-state index contributed by atoms with van der Waals surface area (Å²) >= 11 is 0. The topological polar surface area (TPSA) is 30.2 Å². The van der Waals surface area contributed by atoms with Gasteiger partial charge in [0, 0.05) is 12.1 Å². The van der Waals surface area contributed by atoms with Crippen molar-refractivity contribution >= 4 is 5.97 Å². The van der Waals surface area contributed by atoms with E-state index in [2.05, 4.69) is 0 Å². The van der Waals surface area contributed by atoms with Crippen LogP contribution in [0.1, 0.15) is 19.4 Å². The van der Waals surface area contributed by atoms with Gasteiger partial charge in [-0.2, -0.15) is 4.57 Å². The molecular formula is C11H16NO2+. The van der Waals surface area contributed by atoms with E-state index in [9.17, 15) is 4.79 Å². The van der Waals surface area contributed by atoms with Crippen LogP contribution in [-0.4, -0.2) is 12.1 Å². The van der Waals surface area contributed by atoms with Gasteiger partial charge in [0.1, 0.15) is 0 Å². The first-order valence-electron chi connectivity index (χ1n) is 4.73. The molecule has 0 radical (unpaired) electrons. The minimum Gasteiger partial charge on any atom is -0.458 e. The number of carbonyl (C=O) groups is 1. The van der Waals surface area contributed by atoms with E-state index in [0.29, 0.717) is 0 Å². The van der Waals surface area contributed by atoms with Crippen LogP contribution in [0.2, 0.25) is 0 Å². The van der Waals surface area contributed by atoms with Crippen molar-refractivity contribution in [1.82, 2.24) is 0 Å². The summed E-state index contributed by atoms with van der Waals surface area (Å²) in [5.74, 6) is -0.200.